The van der Waals surface area contributed by atoms with Crippen LogP contribution in [0.3, 0.4) is 0 Å². The molecular weight excluding hydrogens is 343 g/mol. The number of nitrogens with one attached hydrogen (secondary N) is 2. The first-order valence-corrected chi connectivity index (χ1v) is 6.64. The molecule has 1 amide bonds. The van der Waals surface area contributed by atoms with Crippen LogP contribution < -0.4 is 0 Å². The molecule has 0 saturated heterocycles. The molecule has 21 heavy (non-hydrogen) atoms. The van der Waals surface area contributed by atoms with Gasteiger partial charge in [-0.3, -0.25) is 4.79 Å². The molecule has 0 spiro atoms. The predicted octanol–water partition coefficient (Wildman–Crippen LogP) is 4.03. The Kier molecular flexibility index (Phi) is 3.30. The fourth-order valence-corrected chi connectivity index (χ4v) is 2.22. The van der Waals surface area contributed by atoms with Crippen molar-refractivity contribution in [3.8, 4) is 5.88 Å². The van der Waals surface area contributed by atoms with Crippen LogP contribution >= 0.6 is 15.9 Å². The summed E-state index contributed by atoms with van der Waals surface area (Å²) in [6, 6.07) is 5.47. The Labute approximate surface area is 125 Å². The Hall–Kier alpha value is -2.48. The molecule has 2 aromatic heterocycles. The minimum absolute atomic E-state index is 0.0171. The van der Waals surface area contributed by atoms with Crippen molar-refractivity contribution in [1.82, 2.24) is 9.97 Å². The van der Waals surface area contributed by atoms with Gasteiger partial charge in [-0.25, -0.2) is 4.39 Å². The third-order valence-electron chi connectivity index (χ3n) is 2.83. The van der Waals surface area contributed by atoms with E-state index in [9.17, 15) is 14.3 Å². The summed E-state index contributed by atoms with van der Waals surface area (Å²) in [6.45, 7) is 0. The number of aromatic hydroxyl groups is 1. The SMILES string of the molecule is O=C(N=Nc1c(O)[nH]c2ccc(F)cc12)c1cc(Br)c[nH]1. The van der Waals surface area contributed by atoms with Crippen molar-refractivity contribution in [2.75, 3.05) is 0 Å². The van der Waals surface area contributed by atoms with E-state index >= 15 is 0 Å². The number of hydrogen-bond acceptors (Lipinski definition) is 3. The van der Waals surface area contributed by atoms with Gasteiger partial charge in [-0.05, 0) is 40.2 Å². The van der Waals surface area contributed by atoms with Crippen LogP contribution in [-0.2, 0) is 0 Å². The number of H-pyrrole nitrogens is 2. The summed E-state index contributed by atoms with van der Waals surface area (Å²) in [5.41, 5.74) is 0.762. The highest BCUT2D eigenvalue weighted by Gasteiger charge is 2.13. The highest BCUT2D eigenvalue weighted by molar-refractivity contribution is 9.10. The maximum absolute atomic E-state index is 13.2. The van der Waals surface area contributed by atoms with Gasteiger partial charge in [0.2, 0.25) is 5.88 Å². The van der Waals surface area contributed by atoms with Gasteiger partial charge in [0.25, 0.3) is 0 Å². The molecule has 1 aromatic carbocycles. The third-order valence-corrected chi connectivity index (χ3v) is 3.29. The first-order valence-electron chi connectivity index (χ1n) is 5.85. The van der Waals surface area contributed by atoms with Gasteiger partial charge in [0.15, 0.2) is 5.69 Å². The number of carbonyl (C=O) groups excluding carboxylic acids is 1. The summed E-state index contributed by atoms with van der Waals surface area (Å²) in [5, 5.41) is 17.3. The molecule has 0 radical (unpaired) electrons. The van der Waals surface area contributed by atoms with E-state index in [1.807, 2.05) is 0 Å². The Morgan fingerprint density at radius 2 is 2.14 bits per heavy atom. The number of nitrogens with zero attached hydrogens (tertiary/aromatic N) is 2. The zero-order valence-corrected chi connectivity index (χ0v) is 12.0. The van der Waals surface area contributed by atoms with Crippen LogP contribution in [0.2, 0.25) is 0 Å². The minimum atomic E-state index is -0.606. The maximum atomic E-state index is 13.2. The summed E-state index contributed by atoms with van der Waals surface area (Å²) in [6.07, 6.45) is 1.58. The van der Waals surface area contributed by atoms with Gasteiger partial charge in [-0.15, -0.1) is 10.2 Å². The lowest BCUT2D eigenvalue weighted by Gasteiger charge is -1.92. The molecule has 0 bridgehead atoms. The second-order valence-corrected chi connectivity index (χ2v) is 5.16. The second kappa shape index (κ2) is 5.13. The van der Waals surface area contributed by atoms with Crippen LogP contribution in [0.25, 0.3) is 10.9 Å². The number of rotatable bonds is 2. The number of aromatic nitrogens is 2. The minimum Gasteiger partial charge on any atom is -0.493 e. The standard InChI is InChI=1S/C13H8BrFN4O2/c14-6-3-10(16-5-6)12(20)19-18-11-8-4-7(15)1-2-9(8)17-13(11)21/h1-5,16-17,21H. The van der Waals surface area contributed by atoms with Gasteiger partial charge in [0.05, 0.1) is 5.52 Å². The van der Waals surface area contributed by atoms with E-state index in [4.69, 9.17) is 0 Å². The fraction of sp³-hybridized carbons (Fsp3) is 0. The van der Waals surface area contributed by atoms with Crippen molar-refractivity contribution in [1.29, 1.82) is 0 Å². The molecule has 0 aliphatic heterocycles. The van der Waals surface area contributed by atoms with Crippen molar-refractivity contribution in [2.24, 2.45) is 10.2 Å². The van der Waals surface area contributed by atoms with E-state index in [0.717, 1.165) is 0 Å². The van der Waals surface area contributed by atoms with E-state index < -0.39 is 11.7 Å². The van der Waals surface area contributed by atoms with Crippen LogP contribution in [0.4, 0.5) is 10.1 Å². The van der Waals surface area contributed by atoms with Crippen LogP contribution in [0.1, 0.15) is 10.5 Å². The molecular formula is C13H8BrFN4O2. The zero-order valence-electron chi connectivity index (χ0n) is 10.4. The topological polar surface area (TPSA) is 93.6 Å². The number of azo groups is 1. The molecule has 0 saturated carbocycles. The Balaban J connectivity index is 1.97. The normalized spacial score (nSPS) is 11.5. The molecule has 0 fully saturated rings. The number of aromatic amines is 2. The molecule has 0 unspecified atom stereocenters. The summed E-state index contributed by atoms with van der Waals surface area (Å²) in [5.74, 6) is -1.36. The molecule has 3 rings (SSSR count). The van der Waals surface area contributed by atoms with Crippen molar-refractivity contribution >= 4 is 38.4 Å². The van der Waals surface area contributed by atoms with E-state index in [1.165, 1.54) is 18.2 Å². The molecule has 3 aromatic rings. The average Bonchev–Trinajstić information content (AvgIpc) is 3.00. The number of amides is 1. The second-order valence-electron chi connectivity index (χ2n) is 4.25. The lowest BCUT2D eigenvalue weighted by Crippen LogP contribution is -1.92. The molecule has 2 heterocycles. The first kappa shape index (κ1) is 13.5. The van der Waals surface area contributed by atoms with Crippen LogP contribution in [-0.4, -0.2) is 21.0 Å². The lowest BCUT2D eigenvalue weighted by molar-refractivity contribution is 0.0991. The Morgan fingerprint density at radius 1 is 1.33 bits per heavy atom. The highest BCUT2D eigenvalue weighted by atomic mass is 79.9. The van der Waals surface area contributed by atoms with Gasteiger partial charge in [-0.2, -0.15) is 0 Å². The van der Waals surface area contributed by atoms with Gasteiger partial charge in [0.1, 0.15) is 11.5 Å². The summed E-state index contributed by atoms with van der Waals surface area (Å²) >= 11 is 3.20. The maximum Gasteiger partial charge on any atom is 0.311 e. The average molecular weight is 351 g/mol. The number of fused-ring (bicyclic) bond motifs is 1. The summed E-state index contributed by atoms with van der Waals surface area (Å²) < 4.78 is 14.0. The van der Waals surface area contributed by atoms with E-state index in [-0.39, 0.29) is 17.3 Å². The van der Waals surface area contributed by atoms with Crippen LogP contribution in [0.5, 0.6) is 5.88 Å². The molecule has 0 atom stereocenters. The van der Waals surface area contributed by atoms with Crippen LogP contribution in [0, 0.1) is 5.82 Å². The largest absolute Gasteiger partial charge is 0.493 e. The van der Waals surface area contributed by atoms with Crippen molar-refractivity contribution in [3.05, 3.63) is 46.4 Å². The predicted molar refractivity (Wildman–Crippen MR) is 77.3 cm³/mol. The number of carbonyl (C=O) groups is 1. The summed E-state index contributed by atoms with van der Waals surface area (Å²) in [4.78, 5) is 17.1. The quantitative estimate of drug-likeness (QED) is 0.608. The molecule has 0 aliphatic rings. The number of hydrogen-bond donors (Lipinski definition) is 3. The molecule has 0 aliphatic carbocycles. The van der Waals surface area contributed by atoms with Crippen LogP contribution in [0.15, 0.2) is 45.2 Å². The molecule has 3 N–H and O–H groups in total. The van der Waals surface area contributed by atoms with Gasteiger partial charge in [-0.1, -0.05) is 0 Å². The van der Waals surface area contributed by atoms with E-state index in [0.29, 0.717) is 15.4 Å². The van der Waals surface area contributed by atoms with Crippen molar-refractivity contribution in [3.63, 3.8) is 0 Å². The first-order chi connectivity index (χ1) is 10.0. The Morgan fingerprint density at radius 3 is 2.86 bits per heavy atom. The fourth-order valence-electron chi connectivity index (χ4n) is 1.88. The van der Waals surface area contributed by atoms with Crippen molar-refractivity contribution in [2.45, 2.75) is 0 Å². The van der Waals surface area contributed by atoms with Gasteiger partial charge >= 0.3 is 5.91 Å². The zero-order chi connectivity index (χ0) is 15.0. The summed E-state index contributed by atoms with van der Waals surface area (Å²) in [7, 11) is 0. The third kappa shape index (κ3) is 2.57. The van der Waals surface area contributed by atoms with E-state index in [1.54, 1.807) is 12.3 Å². The number of benzene rings is 1. The molecule has 8 heteroatoms. The lowest BCUT2D eigenvalue weighted by atomic mass is 10.2. The highest BCUT2D eigenvalue weighted by Crippen LogP contribution is 2.35. The smallest absolute Gasteiger partial charge is 0.311 e. The van der Waals surface area contributed by atoms with Crippen molar-refractivity contribution < 1.29 is 14.3 Å². The van der Waals surface area contributed by atoms with Gasteiger partial charge < -0.3 is 15.1 Å². The monoisotopic (exact) mass is 350 g/mol. The number of halogens is 2. The molecule has 6 nitrogen and oxygen atoms in total. The molecule has 106 valence electrons. The van der Waals surface area contributed by atoms with Gasteiger partial charge in [0, 0.05) is 16.1 Å². The van der Waals surface area contributed by atoms with E-state index in [2.05, 4.69) is 36.1 Å². The Bertz CT molecular complexity index is 868.